The Labute approximate surface area is 126 Å². The molecule has 0 amide bonds. The number of benzene rings is 1. The highest BCUT2D eigenvalue weighted by Crippen LogP contribution is 2.21. The third kappa shape index (κ3) is 4.56. The Bertz CT molecular complexity index is 569. The summed E-state index contributed by atoms with van der Waals surface area (Å²) in [6.07, 6.45) is 1.71. The van der Waals surface area contributed by atoms with Crippen LogP contribution < -0.4 is 10.1 Å². The minimum atomic E-state index is -0.170. The highest BCUT2D eigenvalue weighted by atomic mass is 16.5. The molecule has 0 unspecified atom stereocenters. The van der Waals surface area contributed by atoms with Crippen LogP contribution in [-0.4, -0.2) is 20.4 Å². The molecule has 5 nitrogen and oxygen atoms in total. The van der Waals surface area contributed by atoms with E-state index in [1.165, 1.54) is 5.56 Å². The van der Waals surface area contributed by atoms with Crippen LogP contribution in [0.15, 0.2) is 30.6 Å². The van der Waals surface area contributed by atoms with Crippen molar-refractivity contribution in [2.24, 2.45) is 7.05 Å². The van der Waals surface area contributed by atoms with Crippen molar-refractivity contribution in [3.8, 4) is 5.75 Å². The summed E-state index contributed by atoms with van der Waals surface area (Å²) in [7, 11) is 1.94. The molecule has 1 N–H and O–H groups in total. The van der Waals surface area contributed by atoms with Gasteiger partial charge >= 0.3 is 0 Å². The molecule has 1 aromatic heterocycles. The minimum Gasteiger partial charge on any atom is -0.488 e. The van der Waals surface area contributed by atoms with Crippen LogP contribution >= 0.6 is 0 Å². The summed E-state index contributed by atoms with van der Waals surface area (Å²) in [4.78, 5) is 0. The summed E-state index contributed by atoms with van der Waals surface area (Å²) < 4.78 is 7.75. The van der Waals surface area contributed by atoms with Gasteiger partial charge in [0, 0.05) is 13.1 Å². The van der Waals surface area contributed by atoms with Crippen molar-refractivity contribution in [3.63, 3.8) is 0 Å². The number of aromatic nitrogens is 3. The molecule has 0 saturated heterocycles. The largest absolute Gasteiger partial charge is 0.488 e. The average molecular weight is 288 g/mol. The van der Waals surface area contributed by atoms with Crippen LogP contribution in [0.2, 0.25) is 0 Å². The zero-order valence-corrected chi connectivity index (χ0v) is 13.4. The highest BCUT2D eigenvalue weighted by molar-refractivity contribution is 5.29. The zero-order chi connectivity index (χ0) is 15.5. The summed E-state index contributed by atoms with van der Waals surface area (Å²) in [6, 6.07) is 8.46. The van der Waals surface area contributed by atoms with E-state index in [0.29, 0.717) is 6.54 Å². The Kier molecular flexibility index (Phi) is 4.63. The lowest BCUT2D eigenvalue weighted by molar-refractivity contribution is 0.131. The van der Waals surface area contributed by atoms with E-state index >= 15 is 0 Å². The van der Waals surface area contributed by atoms with Gasteiger partial charge in [0.15, 0.2) is 0 Å². The third-order valence-corrected chi connectivity index (χ3v) is 3.18. The first-order valence-electron chi connectivity index (χ1n) is 7.20. The van der Waals surface area contributed by atoms with Crippen molar-refractivity contribution >= 4 is 0 Å². The zero-order valence-electron chi connectivity index (χ0n) is 13.4. The lowest BCUT2D eigenvalue weighted by atomic mass is 10.1. The van der Waals surface area contributed by atoms with Gasteiger partial charge < -0.3 is 14.6 Å². The first kappa shape index (κ1) is 15.5. The van der Waals surface area contributed by atoms with Gasteiger partial charge in [-0.2, -0.15) is 0 Å². The Morgan fingerprint density at radius 3 is 2.43 bits per heavy atom. The number of hydrogen-bond donors (Lipinski definition) is 1. The van der Waals surface area contributed by atoms with Crippen molar-refractivity contribution in [2.75, 3.05) is 0 Å². The van der Waals surface area contributed by atoms with Crippen LogP contribution in [0.3, 0.4) is 0 Å². The van der Waals surface area contributed by atoms with Gasteiger partial charge in [0.25, 0.3) is 0 Å². The maximum absolute atomic E-state index is 5.83. The lowest BCUT2D eigenvalue weighted by Gasteiger charge is -2.22. The fourth-order valence-electron chi connectivity index (χ4n) is 2.01. The standard InChI is InChI=1S/C16H24N4O/c1-12(17-10-15-19-18-11-20(15)5)13-6-8-14(9-7-13)21-16(2,3)4/h6-9,11-12,17H,10H2,1-5H3/t12-/m0/s1. The van der Waals surface area contributed by atoms with E-state index in [1.54, 1.807) is 6.33 Å². The molecular formula is C16H24N4O. The molecule has 21 heavy (non-hydrogen) atoms. The summed E-state index contributed by atoms with van der Waals surface area (Å²) in [5.41, 5.74) is 1.05. The van der Waals surface area contributed by atoms with Gasteiger partial charge in [-0.25, -0.2) is 0 Å². The predicted octanol–water partition coefficient (Wildman–Crippen LogP) is 2.84. The number of hydrogen-bond acceptors (Lipinski definition) is 4. The summed E-state index contributed by atoms with van der Waals surface area (Å²) >= 11 is 0. The van der Waals surface area contributed by atoms with Crippen LogP contribution in [0.5, 0.6) is 5.75 Å². The van der Waals surface area contributed by atoms with Crippen molar-refractivity contribution in [3.05, 3.63) is 42.0 Å². The minimum absolute atomic E-state index is 0.170. The molecule has 5 heteroatoms. The van der Waals surface area contributed by atoms with Crippen molar-refractivity contribution in [1.82, 2.24) is 20.1 Å². The number of nitrogens with zero attached hydrogens (tertiary/aromatic N) is 3. The predicted molar refractivity (Wildman–Crippen MR) is 83.1 cm³/mol. The Hall–Kier alpha value is -1.88. The van der Waals surface area contributed by atoms with E-state index in [2.05, 4.69) is 34.6 Å². The van der Waals surface area contributed by atoms with Crippen LogP contribution in [0.25, 0.3) is 0 Å². The van der Waals surface area contributed by atoms with E-state index in [1.807, 2.05) is 44.5 Å². The molecule has 0 aliphatic rings. The second-order valence-electron chi connectivity index (χ2n) is 6.24. The van der Waals surface area contributed by atoms with Crippen LogP contribution in [0.4, 0.5) is 0 Å². The summed E-state index contributed by atoms with van der Waals surface area (Å²) in [5, 5.41) is 11.4. The van der Waals surface area contributed by atoms with Gasteiger partial charge in [-0.15, -0.1) is 10.2 Å². The van der Waals surface area contributed by atoms with Crippen LogP contribution in [0.1, 0.15) is 45.1 Å². The third-order valence-electron chi connectivity index (χ3n) is 3.18. The van der Waals surface area contributed by atoms with Crippen molar-refractivity contribution < 1.29 is 4.74 Å². The molecule has 114 valence electrons. The second kappa shape index (κ2) is 6.26. The molecule has 2 aromatic rings. The molecule has 1 atom stereocenters. The topological polar surface area (TPSA) is 52.0 Å². The Balaban J connectivity index is 1.93. The maximum Gasteiger partial charge on any atom is 0.146 e. The molecule has 1 aromatic carbocycles. The van der Waals surface area contributed by atoms with Gasteiger partial charge in [-0.1, -0.05) is 12.1 Å². The molecule has 0 aliphatic heterocycles. The van der Waals surface area contributed by atoms with E-state index in [0.717, 1.165) is 11.6 Å². The highest BCUT2D eigenvalue weighted by Gasteiger charge is 2.12. The van der Waals surface area contributed by atoms with E-state index in [9.17, 15) is 0 Å². The van der Waals surface area contributed by atoms with E-state index in [4.69, 9.17) is 4.74 Å². The van der Waals surface area contributed by atoms with Gasteiger partial charge in [0.05, 0.1) is 6.54 Å². The number of nitrogens with one attached hydrogen (secondary N) is 1. The first-order valence-corrected chi connectivity index (χ1v) is 7.20. The maximum atomic E-state index is 5.83. The molecule has 1 heterocycles. The summed E-state index contributed by atoms with van der Waals surface area (Å²) in [5.74, 6) is 1.82. The molecule has 0 saturated carbocycles. The molecule has 0 bridgehead atoms. The first-order chi connectivity index (χ1) is 9.85. The normalized spacial score (nSPS) is 13.2. The molecule has 0 radical (unpaired) electrons. The lowest BCUT2D eigenvalue weighted by Crippen LogP contribution is -2.23. The Morgan fingerprint density at radius 2 is 1.90 bits per heavy atom. The van der Waals surface area contributed by atoms with Crippen LogP contribution in [0, 0.1) is 0 Å². The van der Waals surface area contributed by atoms with Crippen molar-refractivity contribution in [1.29, 1.82) is 0 Å². The SMILES string of the molecule is C[C@H](NCc1nncn1C)c1ccc(OC(C)(C)C)cc1. The molecular weight excluding hydrogens is 264 g/mol. The van der Waals surface area contributed by atoms with Gasteiger partial charge in [-0.3, -0.25) is 0 Å². The van der Waals surface area contributed by atoms with Gasteiger partial charge in [0.2, 0.25) is 0 Å². The monoisotopic (exact) mass is 288 g/mol. The molecule has 2 rings (SSSR count). The van der Waals surface area contributed by atoms with Gasteiger partial charge in [0.1, 0.15) is 23.5 Å². The van der Waals surface area contributed by atoms with E-state index in [-0.39, 0.29) is 11.6 Å². The summed E-state index contributed by atoms with van der Waals surface area (Å²) in [6.45, 7) is 8.97. The Morgan fingerprint density at radius 1 is 1.24 bits per heavy atom. The smallest absolute Gasteiger partial charge is 0.146 e. The van der Waals surface area contributed by atoms with Crippen molar-refractivity contribution in [2.45, 2.75) is 45.9 Å². The number of aryl methyl sites for hydroxylation is 1. The fourth-order valence-corrected chi connectivity index (χ4v) is 2.01. The molecule has 0 aliphatic carbocycles. The number of rotatable bonds is 5. The second-order valence-corrected chi connectivity index (χ2v) is 6.24. The molecule has 0 spiro atoms. The quantitative estimate of drug-likeness (QED) is 0.919. The fraction of sp³-hybridized carbons (Fsp3) is 0.500. The molecule has 0 fully saturated rings. The van der Waals surface area contributed by atoms with Crippen LogP contribution in [-0.2, 0) is 13.6 Å². The van der Waals surface area contributed by atoms with E-state index < -0.39 is 0 Å². The average Bonchev–Trinajstić information content (AvgIpc) is 2.80. The number of ether oxygens (including phenoxy) is 1. The van der Waals surface area contributed by atoms with Gasteiger partial charge in [-0.05, 0) is 45.4 Å².